The zero-order valence-electron chi connectivity index (χ0n) is 8.74. The van der Waals surface area contributed by atoms with Gasteiger partial charge in [0.15, 0.2) is 11.2 Å². The van der Waals surface area contributed by atoms with Gasteiger partial charge in [0.05, 0.1) is 6.20 Å². The molecule has 80 valence electrons. The summed E-state index contributed by atoms with van der Waals surface area (Å²) >= 11 is 0. The zero-order chi connectivity index (χ0) is 11.7. The molecule has 2 heterocycles. The predicted octanol–water partition coefficient (Wildman–Crippen LogP) is -0.612. The molecule has 2 rings (SSSR count). The van der Waals surface area contributed by atoms with E-state index < -0.39 is 11.2 Å². The highest BCUT2D eigenvalue weighted by Crippen LogP contribution is 2.00. The minimum atomic E-state index is -0.551. The van der Waals surface area contributed by atoms with Crippen LogP contribution in [0, 0.1) is 11.8 Å². The van der Waals surface area contributed by atoms with Crippen LogP contribution in [0.25, 0.3) is 11.2 Å². The average molecular weight is 216 g/mol. The summed E-state index contributed by atoms with van der Waals surface area (Å²) in [6, 6.07) is 0. The summed E-state index contributed by atoms with van der Waals surface area (Å²) in [7, 11) is 1.51. The van der Waals surface area contributed by atoms with E-state index in [1.165, 1.54) is 17.8 Å². The van der Waals surface area contributed by atoms with Gasteiger partial charge in [0.1, 0.15) is 5.69 Å². The molecule has 0 aliphatic rings. The van der Waals surface area contributed by atoms with E-state index in [4.69, 9.17) is 0 Å². The lowest BCUT2D eigenvalue weighted by Crippen LogP contribution is -2.29. The first-order chi connectivity index (χ1) is 7.63. The van der Waals surface area contributed by atoms with E-state index >= 15 is 0 Å². The molecule has 2 aromatic heterocycles. The van der Waals surface area contributed by atoms with E-state index in [0.29, 0.717) is 5.69 Å². The highest BCUT2D eigenvalue weighted by Gasteiger charge is 2.07. The Bertz CT molecular complexity index is 730. The second kappa shape index (κ2) is 3.62. The van der Waals surface area contributed by atoms with E-state index in [2.05, 4.69) is 26.8 Å². The van der Waals surface area contributed by atoms with Crippen molar-refractivity contribution in [1.82, 2.24) is 19.5 Å². The summed E-state index contributed by atoms with van der Waals surface area (Å²) in [5.41, 5.74) is -0.302. The number of rotatable bonds is 0. The van der Waals surface area contributed by atoms with Gasteiger partial charge in [0.25, 0.3) is 5.56 Å². The van der Waals surface area contributed by atoms with Crippen molar-refractivity contribution in [2.45, 2.75) is 6.92 Å². The maximum atomic E-state index is 11.5. The summed E-state index contributed by atoms with van der Waals surface area (Å²) in [5.74, 6) is 5.36. The molecule has 0 radical (unpaired) electrons. The maximum absolute atomic E-state index is 11.5. The highest BCUT2D eigenvalue weighted by atomic mass is 16.2. The highest BCUT2D eigenvalue weighted by molar-refractivity contribution is 5.68. The normalized spacial score (nSPS) is 9.88. The van der Waals surface area contributed by atoms with Gasteiger partial charge < -0.3 is 0 Å². The van der Waals surface area contributed by atoms with Gasteiger partial charge in [-0.2, -0.15) is 0 Å². The topological polar surface area (TPSA) is 80.6 Å². The Kier molecular flexibility index (Phi) is 2.29. The number of H-pyrrole nitrogens is 1. The van der Waals surface area contributed by atoms with Crippen LogP contribution in [0.3, 0.4) is 0 Å². The molecule has 0 fully saturated rings. The summed E-state index contributed by atoms with van der Waals surface area (Å²) in [6.07, 6.45) is 1.43. The third-order valence-electron chi connectivity index (χ3n) is 2.06. The van der Waals surface area contributed by atoms with Gasteiger partial charge in [0.2, 0.25) is 0 Å². The molecule has 16 heavy (non-hydrogen) atoms. The minimum Gasteiger partial charge on any atom is -0.279 e. The SMILES string of the molecule is CC#Cc1cnc2c(n1)c(=O)[nH]c(=O)n2C. The first kappa shape index (κ1) is 10.1. The van der Waals surface area contributed by atoms with Crippen LogP contribution >= 0.6 is 0 Å². The van der Waals surface area contributed by atoms with Crippen LogP contribution in [-0.2, 0) is 7.05 Å². The van der Waals surface area contributed by atoms with Gasteiger partial charge >= 0.3 is 5.69 Å². The standard InChI is InChI=1S/C10H8N4O2/c1-3-4-6-5-11-8-7(12-6)9(15)13-10(16)14(8)2/h5H,1-2H3,(H,13,15,16). The Morgan fingerprint density at radius 3 is 2.88 bits per heavy atom. The molecule has 0 amide bonds. The first-order valence-electron chi connectivity index (χ1n) is 4.52. The van der Waals surface area contributed by atoms with E-state index in [-0.39, 0.29) is 11.2 Å². The Morgan fingerprint density at radius 1 is 1.44 bits per heavy atom. The molecule has 0 saturated heterocycles. The lowest BCUT2D eigenvalue weighted by molar-refractivity contribution is 0.823. The number of hydrogen-bond acceptors (Lipinski definition) is 4. The largest absolute Gasteiger partial charge is 0.329 e. The van der Waals surface area contributed by atoms with Gasteiger partial charge in [0, 0.05) is 7.05 Å². The van der Waals surface area contributed by atoms with Gasteiger partial charge in [-0.05, 0) is 12.8 Å². The molecule has 0 aliphatic heterocycles. The van der Waals surface area contributed by atoms with Crippen LogP contribution < -0.4 is 11.2 Å². The summed E-state index contributed by atoms with van der Waals surface area (Å²) < 4.78 is 1.23. The van der Waals surface area contributed by atoms with Crippen LogP contribution in [0.4, 0.5) is 0 Å². The molecule has 0 saturated carbocycles. The summed E-state index contributed by atoms with van der Waals surface area (Å²) in [5, 5.41) is 0. The molecular weight excluding hydrogens is 208 g/mol. The summed E-state index contributed by atoms with van der Waals surface area (Å²) in [6.45, 7) is 1.66. The fourth-order valence-corrected chi connectivity index (χ4v) is 1.31. The Hall–Kier alpha value is -2.42. The monoisotopic (exact) mass is 216 g/mol. The van der Waals surface area contributed by atoms with Crippen LogP contribution in [0.1, 0.15) is 12.6 Å². The van der Waals surface area contributed by atoms with Crippen molar-refractivity contribution >= 4 is 11.2 Å². The number of nitrogens with zero attached hydrogens (tertiary/aromatic N) is 3. The Morgan fingerprint density at radius 2 is 2.19 bits per heavy atom. The van der Waals surface area contributed by atoms with Crippen molar-refractivity contribution in [3.05, 3.63) is 32.7 Å². The molecule has 0 atom stereocenters. The number of fused-ring (bicyclic) bond motifs is 1. The van der Waals surface area contributed by atoms with Crippen molar-refractivity contribution in [2.75, 3.05) is 0 Å². The summed E-state index contributed by atoms with van der Waals surface area (Å²) in [4.78, 5) is 32.9. The van der Waals surface area contributed by atoms with E-state index in [0.717, 1.165) is 0 Å². The van der Waals surface area contributed by atoms with E-state index in [9.17, 15) is 9.59 Å². The van der Waals surface area contributed by atoms with Gasteiger partial charge in [-0.3, -0.25) is 14.3 Å². The van der Waals surface area contributed by atoms with Crippen LogP contribution in [0.15, 0.2) is 15.8 Å². The van der Waals surface area contributed by atoms with Crippen molar-refractivity contribution in [2.24, 2.45) is 7.05 Å². The van der Waals surface area contributed by atoms with E-state index in [1.807, 2.05) is 0 Å². The molecule has 0 spiro atoms. The fourth-order valence-electron chi connectivity index (χ4n) is 1.31. The van der Waals surface area contributed by atoms with Crippen LogP contribution in [0.5, 0.6) is 0 Å². The lowest BCUT2D eigenvalue weighted by Gasteiger charge is -2.01. The molecule has 6 heteroatoms. The van der Waals surface area contributed by atoms with Crippen molar-refractivity contribution in [3.8, 4) is 11.8 Å². The molecule has 1 N–H and O–H groups in total. The molecule has 2 aromatic rings. The van der Waals surface area contributed by atoms with Crippen molar-refractivity contribution in [1.29, 1.82) is 0 Å². The average Bonchev–Trinajstić information content (AvgIpc) is 2.27. The second-order valence-electron chi connectivity index (χ2n) is 3.12. The van der Waals surface area contributed by atoms with Gasteiger partial charge in [-0.25, -0.2) is 14.8 Å². The number of hydrogen-bond donors (Lipinski definition) is 1. The Labute approximate surface area is 90.0 Å². The number of nitrogens with one attached hydrogen (secondary N) is 1. The third kappa shape index (κ3) is 1.48. The predicted molar refractivity (Wildman–Crippen MR) is 58.0 cm³/mol. The number of aryl methyl sites for hydroxylation is 1. The molecule has 0 aliphatic carbocycles. The zero-order valence-corrected chi connectivity index (χ0v) is 8.74. The smallest absolute Gasteiger partial charge is 0.279 e. The lowest BCUT2D eigenvalue weighted by atomic mass is 10.4. The number of aromatic nitrogens is 4. The molecule has 6 nitrogen and oxygen atoms in total. The molecule has 0 unspecified atom stereocenters. The van der Waals surface area contributed by atoms with Gasteiger partial charge in [-0.1, -0.05) is 5.92 Å². The van der Waals surface area contributed by atoms with Crippen molar-refractivity contribution in [3.63, 3.8) is 0 Å². The maximum Gasteiger partial charge on any atom is 0.329 e. The third-order valence-corrected chi connectivity index (χ3v) is 2.06. The minimum absolute atomic E-state index is 0.113. The molecule has 0 aromatic carbocycles. The van der Waals surface area contributed by atoms with Crippen molar-refractivity contribution < 1.29 is 0 Å². The van der Waals surface area contributed by atoms with Crippen LogP contribution in [0.2, 0.25) is 0 Å². The van der Waals surface area contributed by atoms with Gasteiger partial charge in [-0.15, -0.1) is 0 Å². The Balaban J connectivity index is 2.94. The van der Waals surface area contributed by atoms with Crippen LogP contribution in [-0.4, -0.2) is 19.5 Å². The van der Waals surface area contributed by atoms with E-state index in [1.54, 1.807) is 6.92 Å². The molecular formula is C10H8N4O2. The molecule has 0 bridgehead atoms. The number of aromatic amines is 1. The quantitative estimate of drug-likeness (QED) is 0.595. The second-order valence-corrected chi connectivity index (χ2v) is 3.12. The first-order valence-corrected chi connectivity index (χ1v) is 4.52. The fraction of sp³-hybridized carbons (Fsp3) is 0.200.